The molecule has 0 aliphatic carbocycles. The van der Waals surface area contributed by atoms with Gasteiger partial charge in [0.25, 0.3) is 9.70 Å². The minimum Gasteiger partial charge on any atom is -0.496 e. The highest BCUT2D eigenvalue weighted by Gasteiger charge is 2.33. The second-order valence-corrected chi connectivity index (χ2v) is 12.1. The molecular formula is C28H28Cl3NO5S. The van der Waals surface area contributed by atoms with E-state index in [2.05, 4.69) is 5.32 Å². The molecule has 1 fully saturated rings. The molecular weight excluding hydrogens is 569 g/mol. The molecule has 3 unspecified atom stereocenters. The monoisotopic (exact) mass is 595 g/mol. The van der Waals surface area contributed by atoms with Crippen LogP contribution in [0.5, 0.6) is 5.75 Å². The molecule has 1 aliphatic heterocycles. The van der Waals surface area contributed by atoms with Crippen LogP contribution in [0.2, 0.25) is 0 Å². The van der Waals surface area contributed by atoms with Gasteiger partial charge in [-0.3, -0.25) is 4.79 Å². The standard InChI is InChI=1S/C28H28Cl3NO5S/c1-35-23-4-2-3-5-25(23)38-17-22-14-24(20-10-8-19(16-33)9-11-20)37-26(36-22)21-12-6-18(7-13-21)15-32-27(34)28(29,30)31/h2-13,22,24,26,33H,14-17H2,1H3,(H,32,34). The molecule has 0 bridgehead atoms. The zero-order valence-electron chi connectivity index (χ0n) is 20.6. The van der Waals surface area contributed by atoms with Gasteiger partial charge in [0, 0.05) is 29.2 Å². The summed E-state index contributed by atoms with van der Waals surface area (Å²) in [6.45, 7) is 0.210. The highest BCUT2D eigenvalue weighted by Crippen LogP contribution is 2.40. The number of hydrogen-bond acceptors (Lipinski definition) is 6. The van der Waals surface area contributed by atoms with Crippen LogP contribution in [0.25, 0.3) is 0 Å². The number of rotatable bonds is 9. The zero-order valence-corrected chi connectivity index (χ0v) is 23.7. The molecule has 3 aromatic rings. The van der Waals surface area contributed by atoms with Gasteiger partial charge in [-0.05, 0) is 28.8 Å². The molecule has 3 atom stereocenters. The van der Waals surface area contributed by atoms with E-state index in [1.54, 1.807) is 18.9 Å². The molecule has 38 heavy (non-hydrogen) atoms. The Morgan fingerprint density at radius 3 is 2.32 bits per heavy atom. The van der Waals surface area contributed by atoms with E-state index in [1.165, 1.54) is 0 Å². The number of carbonyl (C=O) groups is 1. The summed E-state index contributed by atoms with van der Waals surface area (Å²) in [5.41, 5.74) is 3.56. The predicted molar refractivity (Wildman–Crippen MR) is 151 cm³/mol. The average molecular weight is 597 g/mol. The number of halogens is 3. The number of amides is 1. The largest absolute Gasteiger partial charge is 0.496 e. The van der Waals surface area contributed by atoms with Gasteiger partial charge in [-0.25, -0.2) is 0 Å². The lowest BCUT2D eigenvalue weighted by molar-refractivity contribution is -0.245. The smallest absolute Gasteiger partial charge is 0.272 e. The summed E-state index contributed by atoms with van der Waals surface area (Å²) in [5.74, 6) is 0.859. The van der Waals surface area contributed by atoms with Crippen molar-refractivity contribution < 1.29 is 24.1 Å². The normalized spacial score (nSPS) is 19.7. The van der Waals surface area contributed by atoms with Gasteiger partial charge in [0.2, 0.25) is 0 Å². The second-order valence-electron chi connectivity index (χ2n) is 8.73. The number of carbonyl (C=O) groups excluding carboxylic acids is 1. The van der Waals surface area contributed by atoms with Crippen molar-refractivity contribution in [3.8, 4) is 5.75 Å². The van der Waals surface area contributed by atoms with Crippen molar-refractivity contribution >= 4 is 52.5 Å². The minimum absolute atomic E-state index is 0.00974. The molecule has 0 radical (unpaired) electrons. The Balaban J connectivity index is 1.49. The van der Waals surface area contributed by atoms with E-state index in [1.807, 2.05) is 72.8 Å². The van der Waals surface area contributed by atoms with E-state index in [0.717, 1.165) is 32.9 Å². The van der Waals surface area contributed by atoms with Crippen LogP contribution in [0.4, 0.5) is 0 Å². The van der Waals surface area contributed by atoms with Gasteiger partial charge in [0.05, 0.1) is 25.9 Å². The number of hydrogen-bond donors (Lipinski definition) is 2. The van der Waals surface area contributed by atoms with Crippen LogP contribution in [0.1, 0.15) is 41.1 Å². The van der Waals surface area contributed by atoms with Gasteiger partial charge in [-0.1, -0.05) is 95.5 Å². The van der Waals surface area contributed by atoms with Crippen molar-refractivity contribution in [3.63, 3.8) is 0 Å². The van der Waals surface area contributed by atoms with E-state index in [-0.39, 0.29) is 25.4 Å². The quantitative estimate of drug-likeness (QED) is 0.217. The number of ether oxygens (including phenoxy) is 3. The Labute approximate surface area is 241 Å². The van der Waals surface area contributed by atoms with E-state index in [9.17, 15) is 9.90 Å². The van der Waals surface area contributed by atoms with Crippen molar-refractivity contribution in [2.75, 3.05) is 12.9 Å². The van der Waals surface area contributed by atoms with Crippen molar-refractivity contribution in [2.45, 2.75) is 46.8 Å². The highest BCUT2D eigenvalue weighted by molar-refractivity contribution is 7.99. The molecule has 3 aromatic carbocycles. The third-order valence-corrected chi connectivity index (χ3v) is 7.77. The van der Waals surface area contributed by atoms with Crippen LogP contribution in [0.3, 0.4) is 0 Å². The second kappa shape index (κ2) is 13.4. The molecule has 4 rings (SSSR count). The van der Waals surface area contributed by atoms with Gasteiger partial charge in [-0.2, -0.15) is 0 Å². The van der Waals surface area contributed by atoms with E-state index in [0.29, 0.717) is 12.2 Å². The van der Waals surface area contributed by atoms with Gasteiger partial charge in [0.1, 0.15) is 5.75 Å². The van der Waals surface area contributed by atoms with E-state index >= 15 is 0 Å². The lowest BCUT2D eigenvalue weighted by Crippen LogP contribution is -2.34. The third-order valence-electron chi connectivity index (χ3n) is 6.07. The molecule has 1 aliphatic rings. The summed E-state index contributed by atoms with van der Waals surface area (Å²) >= 11 is 18.5. The van der Waals surface area contributed by atoms with Gasteiger partial charge in [0.15, 0.2) is 6.29 Å². The SMILES string of the molecule is COc1ccccc1SCC1CC(c2ccc(CO)cc2)OC(c2ccc(CNC(=O)C(Cl)(Cl)Cl)cc2)O1. The maximum absolute atomic E-state index is 11.8. The number of thioether (sulfide) groups is 1. The van der Waals surface area contributed by atoms with E-state index < -0.39 is 16.0 Å². The fraction of sp³-hybridized carbons (Fsp3) is 0.321. The molecule has 2 N–H and O–H groups in total. The molecule has 1 heterocycles. The van der Waals surface area contributed by atoms with Gasteiger partial charge in [-0.15, -0.1) is 11.8 Å². The van der Waals surface area contributed by atoms with Crippen molar-refractivity contribution in [3.05, 3.63) is 95.1 Å². The number of alkyl halides is 3. The Bertz CT molecular complexity index is 1200. The molecule has 10 heteroatoms. The summed E-state index contributed by atoms with van der Waals surface area (Å²) in [6, 6.07) is 23.3. The Kier molecular flexibility index (Phi) is 10.2. The first-order valence-corrected chi connectivity index (χ1v) is 14.1. The first-order valence-electron chi connectivity index (χ1n) is 12.0. The van der Waals surface area contributed by atoms with Crippen LogP contribution < -0.4 is 10.1 Å². The van der Waals surface area contributed by atoms with Crippen LogP contribution in [0, 0.1) is 0 Å². The summed E-state index contributed by atoms with van der Waals surface area (Å²) in [7, 11) is 1.67. The fourth-order valence-corrected chi connectivity index (χ4v) is 5.27. The molecule has 0 aromatic heterocycles. The van der Waals surface area contributed by atoms with Crippen molar-refractivity contribution in [1.82, 2.24) is 5.32 Å². The number of para-hydroxylation sites is 1. The summed E-state index contributed by atoms with van der Waals surface area (Å²) in [4.78, 5) is 12.9. The van der Waals surface area contributed by atoms with Gasteiger partial charge >= 0.3 is 0 Å². The molecule has 202 valence electrons. The zero-order chi connectivity index (χ0) is 27.1. The molecule has 0 saturated carbocycles. The average Bonchev–Trinajstić information content (AvgIpc) is 2.94. The minimum atomic E-state index is -2.01. The maximum atomic E-state index is 11.8. The van der Waals surface area contributed by atoms with Crippen molar-refractivity contribution in [2.24, 2.45) is 0 Å². The highest BCUT2D eigenvalue weighted by atomic mass is 35.6. The Morgan fingerprint density at radius 1 is 1.00 bits per heavy atom. The summed E-state index contributed by atoms with van der Waals surface area (Å²) < 4.78 is 16.3. The lowest BCUT2D eigenvalue weighted by Gasteiger charge is -2.36. The Morgan fingerprint density at radius 2 is 1.66 bits per heavy atom. The number of nitrogens with one attached hydrogen (secondary N) is 1. The first kappa shape index (κ1) is 29.0. The molecule has 1 amide bonds. The number of aliphatic hydroxyl groups is 1. The van der Waals surface area contributed by atoms with Crippen molar-refractivity contribution in [1.29, 1.82) is 0 Å². The summed E-state index contributed by atoms with van der Waals surface area (Å²) in [6.07, 6.45) is -0.181. The number of benzene rings is 3. The molecule has 0 spiro atoms. The molecule has 1 saturated heterocycles. The topological polar surface area (TPSA) is 77.0 Å². The third kappa shape index (κ3) is 7.79. The lowest BCUT2D eigenvalue weighted by atomic mass is 10.0. The van der Waals surface area contributed by atoms with Crippen LogP contribution in [-0.4, -0.2) is 33.8 Å². The van der Waals surface area contributed by atoms with Crippen LogP contribution in [-0.2, 0) is 27.4 Å². The predicted octanol–water partition coefficient (Wildman–Crippen LogP) is 6.51. The maximum Gasteiger partial charge on any atom is 0.272 e. The number of aliphatic hydroxyl groups excluding tert-OH is 1. The number of methoxy groups -OCH3 is 1. The van der Waals surface area contributed by atoms with Crippen LogP contribution in [0.15, 0.2) is 77.7 Å². The Hall–Kier alpha value is -1.97. The fourth-order valence-electron chi connectivity index (χ4n) is 4.02. The van der Waals surface area contributed by atoms with E-state index in [4.69, 9.17) is 49.0 Å². The first-order chi connectivity index (χ1) is 18.3. The van der Waals surface area contributed by atoms with Gasteiger partial charge < -0.3 is 24.6 Å². The van der Waals surface area contributed by atoms with Crippen LogP contribution >= 0.6 is 46.6 Å². The molecule has 6 nitrogen and oxygen atoms in total. The summed E-state index contributed by atoms with van der Waals surface area (Å²) in [5, 5.41) is 12.0.